The van der Waals surface area contributed by atoms with E-state index in [2.05, 4.69) is 10.1 Å². The quantitative estimate of drug-likeness (QED) is 0.454. The smallest absolute Gasteiger partial charge is 0.442 e. The summed E-state index contributed by atoms with van der Waals surface area (Å²) in [6.07, 6.45) is 0. The topological polar surface area (TPSA) is 90.5 Å². The molecule has 0 radical (unpaired) electrons. The fraction of sp³-hybridized carbons (Fsp3) is 0.182. The van der Waals surface area contributed by atoms with Gasteiger partial charge in [0.05, 0.1) is 25.0 Å². The first-order chi connectivity index (χ1) is 15.0. The minimum absolute atomic E-state index is 0.167. The number of carbonyl (C=O) groups is 1. The molecule has 0 fully saturated rings. The standard InChI is InChI=1S/C22H20N4O4S/c1-14-8-4-5-9-17(14)20-24-30-22(28)25(20)12-16-13-31-21(23-16)26(15(2)27)18-10-6-7-11-19(18)29-3/h4-11,13H,12H2,1-3H3. The number of carbonyl (C=O) groups excluding carboxylic acids is 1. The molecule has 2 aromatic heterocycles. The number of hydrogen-bond donors (Lipinski definition) is 0. The van der Waals surface area contributed by atoms with E-state index in [1.807, 2.05) is 48.7 Å². The third-order valence-corrected chi connectivity index (χ3v) is 5.64. The van der Waals surface area contributed by atoms with Gasteiger partial charge in [0.1, 0.15) is 5.75 Å². The van der Waals surface area contributed by atoms with Crippen molar-refractivity contribution < 1.29 is 14.1 Å². The Morgan fingerprint density at radius 1 is 1.19 bits per heavy atom. The molecule has 0 spiro atoms. The third-order valence-electron chi connectivity index (χ3n) is 4.76. The zero-order chi connectivity index (χ0) is 22.0. The number of aromatic nitrogens is 3. The fourth-order valence-electron chi connectivity index (χ4n) is 3.28. The zero-order valence-corrected chi connectivity index (χ0v) is 18.0. The Labute approximate surface area is 182 Å². The van der Waals surface area contributed by atoms with Gasteiger partial charge in [-0.15, -0.1) is 11.3 Å². The van der Waals surface area contributed by atoms with Gasteiger partial charge in [-0.2, -0.15) is 0 Å². The van der Waals surface area contributed by atoms with Crippen LogP contribution >= 0.6 is 11.3 Å². The van der Waals surface area contributed by atoms with Crippen molar-refractivity contribution in [3.63, 3.8) is 0 Å². The van der Waals surface area contributed by atoms with Crippen LogP contribution in [0.25, 0.3) is 11.4 Å². The van der Waals surface area contributed by atoms with Crippen molar-refractivity contribution in [1.29, 1.82) is 0 Å². The molecule has 0 bridgehead atoms. The van der Waals surface area contributed by atoms with Crippen LogP contribution in [0.1, 0.15) is 18.2 Å². The minimum atomic E-state index is -0.569. The van der Waals surface area contributed by atoms with Gasteiger partial charge >= 0.3 is 5.76 Å². The number of nitrogens with zero attached hydrogens (tertiary/aromatic N) is 4. The number of thiazole rings is 1. The predicted octanol–water partition coefficient (Wildman–Crippen LogP) is 4.01. The molecule has 8 nitrogen and oxygen atoms in total. The van der Waals surface area contributed by atoms with Crippen LogP contribution in [0.2, 0.25) is 0 Å². The fourth-order valence-corrected chi connectivity index (χ4v) is 4.15. The average molecular weight is 436 g/mol. The van der Waals surface area contributed by atoms with Gasteiger partial charge in [0.2, 0.25) is 5.91 Å². The molecule has 0 saturated carbocycles. The number of benzene rings is 2. The van der Waals surface area contributed by atoms with Crippen molar-refractivity contribution in [3.05, 3.63) is 75.7 Å². The van der Waals surface area contributed by atoms with Gasteiger partial charge in [-0.05, 0) is 24.6 Å². The van der Waals surface area contributed by atoms with Gasteiger partial charge in [-0.1, -0.05) is 41.6 Å². The summed E-state index contributed by atoms with van der Waals surface area (Å²) < 4.78 is 11.8. The Morgan fingerprint density at radius 3 is 2.68 bits per heavy atom. The van der Waals surface area contributed by atoms with E-state index in [0.717, 1.165) is 11.1 Å². The number of aryl methyl sites for hydroxylation is 1. The summed E-state index contributed by atoms with van der Waals surface area (Å²) >= 11 is 1.30. The number of para-hydroxylation sites is 2. The number of rotatable bonds is 6. The van der Waals surface area contributed by atoms with Crippen molar-refractivity contribution >= 4 is 28.1 Å². The van der Waals surface area contributed by atoms with E-state index < -0.39 is 5.76 Å². The lowest BCUT2D eigenvalue weighted by Crippen LogP contribution is -2.23. The molecule has 2 heterocycles. The van der Waals surface area contributed by atoms with Crippen LogP contribution in [0, 0.1) is 6.92 Å². The molecular weight excluding hydrogens is 416 g/mol. The van der Waals surface area contributed by atoms with Crippen LogP contribution in [-0.2, 0) is 11.3 Å². The van der Waals surface area contributed by atoms with Crippen LogP contribution < -0.4 is 15.4 Å². The van der Waals surface area contributed by atoms with E-state index in [-0.39, 0.29) is 12.5 Å². The summed E-state index contributed by atoms with van der Waals surface area (Å²) in [6, 6.07) is 14.9. The van der Waals surface area contributed by atoms with E-state index >= 15 is 0 Å². The second kappa shape index (κ2) is 8.57. The number of methoxy groups -OCH3 is 1. The maximum atomic E-state index is 12.4. The number of amides is 1. The van der Waals surface area contributed by atoms with Crippen LogP contribution in [0.3, 0.4) is 0 Å². The highest BCUT2D eigenvalue weighted by atomic mass is 32.1. The maximum Gasteiger partial charge on any atom is 0.442 e. The molecule has 0 saturated heterocycles. The van der Waals surface area contributed by atoms with Crippen LogP contribution in [0.5, 0.6) is 5.75 Å². The molecule has 2 aromatic carbocycles. The SMILES string of the molecule is COc1ccccc1N(C(C)=O)c1nc(Cn2c(-c3ccccc3C)noc2=O)cs1. The molecule has 4 aromatic rings. The molecule has 158 valence electrons. The van der Waals surface area contributed by atoms with Crippen molar-refractivity contribution in [2.24, 2.45) is 0 Å². The molecule has 0 aliphatic heterocycles. The molecule has 0 N–H and O–H groups in total. The molecular formula is C22H20N4O4S. The van der Waals surface area contributed by atoms with Gasteiger partial charge in [0.15, 0.2) is 11.0 Å². The van der Waals surface area contributed by atoms with E-state index in [0.29, 0.717) is 28.1 Å². The van der Waals surface area contributed by atoms with Crippen LogP contribution in [-0.4, -0.2) is 27.7 Å². The number of hydrogen-bond acceptors (Lipinski definition) is 7. The first kappa shape index (κ1) is 20.5. The van der Waals surface area contributed by atoms with Crippen LogP contribution in [0.15, 0.2) is 63.2 Å². The molecule has 0 unspecified atom stereocenters. The summed E-state index contributed by atoms with van der Waals surface area (Å²) in [7, 11) is 1.55. The Kier molecular flexibility index (Phi) is 5.68. The van der Waals surface area contributed by atoms with Gasteiger partial charge in [-0.3, -0.25) is 18.8 Å². The molecule has 4 rings (SSSR count). The zero-order valence-electron chi connectivity index (χ0n) is 17.2. The monoisotopic (exact) mass is 436 g/mol. The lowest BCUT2D eigenvalue weighted by Gasteiger charge is -2.20. The Morgan fingerprint density at radius 2 is 1.94 bits per heavy atom. The van der Waals surface area contributed by atoms with Gasteiger partial charge in [0, 0.05) is 17.9 Å². The highest BCUT2D eigenvalue weighted by molar-refractivity contribution is 7.14. The summed E-state index contributed by atoms with van der Waals surface area (Å²) in [5.74, 6) is 0.228. The van der Waals surface area contributed by atoms with Gasteiger partial charge < -0.3 is 4.74 Å². The largest absolute Gasteiger partial charge is 0.495 e. The minimum Gasteiger partial charge on any atom is -0.495 e. The van der Waals surface area contributed by atoms with Crippen molar-refractivity contribution in [3.8, 4) is 17.1 Å². The molecule has 1 amide bonds. The van der Waals surface area contributed by atoms with E-state index in [1.54, 1.807) is 19.2 Å². The summed E-state index contributed by atoms with van der Waals surface area (Å²) in [5, 5.41) is 6.24. The Hall–Kier alpha value is -3.72. The van der Waals surface area contributed by atoms with Gasteiger partial charge in [0.25, 0.3) is 0 Å². The summed E-state index contributed by atoms with van der Waals surface area (Å²) in [6.45, 7) is 3.58. The maximum absolute atomic E-state index is 12.4. The van der Waals surface area contributed by atoms with E-state index in [1.165, 1.54) is 27.7 Å². The molecule has 0 atom stereocenters. The molecule has 0 aliphatic carbocycles. The van der Waals surface area contributed by atoms with E-state index in [9.17, 15) is 9.59 Å². The normalized spacial score (nSPS) is 10.8. The second-order valence-electron chi connectivity index (χ2n) is 6.82. The number of anilines is 2. The summed E-state index contributed by atoms with van der Waals surface area (Å²) in [5.41, 5.74) is 2.99. The van der Waals surface area contributed by atoms with Crippen LogP contribution in [0.4, 0.5) is 10.8 Å². The summed E-state index contributed by atoms with van der Waals surface area (Å²) in [4.78, 5) is 30.8. The third kappa shape index (κ3) is 3.99. The highest BCUT2D eigenvalue weighted by Crippen LogP contribution is 2.35. The molecule has 0 aliphatic rings. The van der Waals surface area contributed by atoms with Crippen molar-refractivity contribution in [2.75, 3.05) is 12.0 Å². The Bertz CT molecular complexity index is 1290. The van der Waals surface area contributed by atoms with E-state index in [4.69, 9.17) is 9.26 Å². The highest BCUT2D eigenvalue weighted by Gasteiger charge is 2.22. The Balaban J connectivity index is 1.69. The van der Waals surface area contributed by atoms with Crippen molar-refractivity contribution in [1.82, 2.24) is 14.7 Å². The first-order valence-electron chi connectivity index (χ1n) is 9.50. The lowest BCUT2D eigenvalue weighted by molar-refractivity contribution is -0.115. The van der Waals surface area contributed by atoms with Crippen molar-refractivity contribution in [2.45, 2.75) is 20.4 Å². The second-order valence-corrected chi connectivity index (χ2v) is 7.66. The molecule has 9 heteroatoms. The molecule has 31 heavy (non-hydrogen) atoms. The first-order valence-corrected chi connectivity index (χ1v) is 10.4. The lowest BCUT2D eigenvalue weighted by atomic mass is 10.1. The van der Waals surface area contributed by atoms with Gasteiger partial charge in [-0.25, -0.2) is 9.78 Å². The average Bonchev–Trinajstić information content (AvgIpc) is 3.36. The predicted molar refractivity (Wildman–Crippen MR) is 118 cm³/mol. The number of ether oxygens (including phenoxy) is 1.